The summed E-state index contributed by atoms with van der Waals surface area (Å²) in [6, 6.07) is 22.2. The van der Waals surface area contributed by atoms with Crippen molar-refractivity contribution in [3.8, 4) is 16.9 Å². The Labute approximate surface area is 175 Å². The van der Waals surface area contributed by atoms with Crippen molar-refractivity contribution in [3.63, 3.8) is 0 Å². The minimum absolute atomic E-state index is 0.00419. The standard InChI is InChI=1S/C25H22N2O3/c1-30-24-13-11-18(15-23(24)27(28)29)25-20-9-5-8-19(20)21-14-17(10-12-22(21)26-25)16-6-3-2-4-7-16/h2-8,10-15,19-20,25-26H,9H2,1H3/t19-,20-,25+/m0/s1. The summed E-state index contributed by atoms with van der Waals surface area (Å²) in [6.07, 6.45) is 5.45. The fraction of sp³-hybridized carbons (Fsp3) is 0.200. The van der Waals surface area contributed by atoms with Gasteiger partial charge in [0.1, 0.15) is 0 Å². The highest BCUT2D eigenvalue weighted by atomic mass is 16.6. The summed E-state index contributed by atoms with van der Waals surface area (Å²) >= 11 is 0. The van der Waals surface area contributed by atoms with Crippen molar-refractivity contribution >= 4 is 11.4 Å². The molecule has 0 saturated carbocycles. The summed E-state index contributed by atoms with van der Waals surface area (Å²) in [4.78, 5) is 11.1. The Morgan fingerprint density at radius 1 is 1.03 bits per heavy atom. The van der Waals surface area contributed by atoms with Gasteiger partial charge >= 0.3 is 5.69 Å². The SMILES string of the molecule is COc1ccc([C@H]2Nc3ccc(-c4ccccc4)cc3[C@H]3C=CC[C@@H]32)cc1[N+](=O)[O-]. The number of fused-ring (bicyclic) bond motifs is 3. The number of hydrogen-bond acceptors (Lipinski definition) is 4. The van der Waals surface area contributed by atoms with Gasteiger partial charge in [-0.05, 0) is 52.8 Å². The second-order valence-electron chi connectivity index (χ2n) is 7.83. The van der Waals surface area contributed by atoms with E-state index in [0.29, 0.717) is 5.92 Å². The number of nitro benzene ring substituents is 1. The van der Waals surface area contributed by atoms with Crippen LogP contribution in [0.15, 0.2) is 78.9 Å². The highest BCUT2D eigenvalue weighted by Crippen LogP contribution is 2.51. The molecule has 1 aliphatic heterocycles. The van der Waals surface area contributed by atoms with Gasteiger partial charge in [-0.1, -0.05) is 54.6 Å². The van der Waals surface area contributed by atoms with Gasteiger partial charge in [-0.15, -0.1) is 0 Å². The van der Waals surface area contributed by atoms with Crippen molar-refractivity contribution in [1.29, 1.82) is 0 Å². The van der Waals surface area contributed by atoms with Crippen LogP contribution in [0.2, 0.25) is 0 Å². The van der Waals surface area contributed by atoms with Crippen molar-refractivity contribution in [3.05, 3.63) is 100 Å². The van der Waals surface area contributed by atoms with Crippen LogP contribution >= 0.6 is 0 Å². The number of benzene rings is 3. The minimum Gasteiger partial charge on any atom is -0.490 e. The largest absolute Gasteiger partial charge is 0.490 e. The summed E-state index contributed by atoms with van der Waals surface area (Å²) in [5.41, 5.74) is 5.70. The zero-order chi connectivity index (χ0) is 20.7. The van der Waals surface area contributed by atoms with Crippen molar-refractivity contribution in [2.45, 2.75) is 18.4 Å². The van der Waals surface area contributed by atoms with E-state index in [4.69, 9.17) is 4.74 Å². The van der Waals surface area contributed by atoms with E-state index in [-0.39, 0.29) is 28.3 Å². The Balaban J connectivity index is 1.55. The molecular weight excluding hydrogens is 376 g/mol. The molecular formula is C25H22N2O3. The van der Waals surface area contributed by atoms with Crippen molar-refractivity contribution in [1.82, 2.24) is 0 Å². The first-order valence-electron chi connectivity index (χ1n) is 10.1. The molecule has 3 aromatic rings. The first-order chi connectivity index (χ1) is 14.7. The maximum atomic E-state index is 11.5. The van der Waals surface area contributed by atoms with Gasteiger partial charge < -0.3 is 10.1 Å². The van der Waals surface area contributed by atoms with Crippen LogP contribution in [0.5, 0.6) is 5.75 Å². The lowest BCUT2D eigenvalue weighted by Crippen LogP contribution is -2.29. The van der Waals surface area contributed by atoms with E-state index in [2.05, 4.69) is 59.9 Å². The average Bonchev–Trinajstić information content (AvgIpc) is 3.28. The maximum Gasteiger partial charge on any atom is 0.311 e. The van der Waals surface area contributed by atoms with Gasteiger partial charge in [0.25, 0.3) is 0 Å². The van der Waals surface area contributed by atoms with Gasteiger partial charge in [-0.2, -0.15) is 0 Å². The molecule has 0 amide bonds. The number of nitrogens with zero attached hydrogens (tertiary/aromatic N) is 1. The van der Waals surface area contributed by atoms with Crippen LogP contribution in [-0.4, -0.2) is 12.0 Å². The van der Waals surface area contributed by atoms with Gasteiger partial charge in [-0.3, -0.25) is 10.1 Å². The van der Waals surface area contributed by atoms with Gasteiger partial charge in [-0.25, -0.2) is 0 Å². The highest BCUT2D eigenvalue weighted by molar-refractivity contribution is 5.71. The number of allylic oxidation sites excluding steroid dienone is 2. The Morgan fingerprint density at radius 2 is 1.87 bits per heavy atom. The smallest absolute Gasteiger partial charge is 0.311 e. The van der Waals surface area contributed by atoms with E-state index in [1.807, 2.05) is 12.1 Å². The Morgan fingerprint density at radius 3 is 2.63 bits per heavy atom. The lowest BCUT2D eigenvalue weighted by atomic mass is 9.76. The second-order valence-corrected chi connectivity index (χ2v) is 7.83. The van der Waals surface area contributed by atoms with Crippen LogP contribution in [0.4, 0.5) is 11.4 Å². The molecule has 0 saturated heterocycles. The quantitative estimate of drug-likeness (QED) is 0.328. The number of ether oxygens (including phenoxy) is 1. The van der Waals surface area contributed by atoms with Gasteiger partial charge in [0.15, 0.2) is 5.75 Å². The Bertz CT molecular complexity index is 1140. The van der Waals surface area contributed by atoms with Crippen LogP contribution in [0, 0.1) is 16.0 Å². The van der Waals surface area contributed by atoms with Crippen molar-refractivity contribution < 1.29 is 9.66 Å². The topological polar surface area (TPSA) is 64.4 Å². The molecule has 30 heavy (non-hydrogen) atoms. The van der Waals surface area contributed by atoms with Crippen LogP contribution in [0.1, 0.15) is 29.5 Å². The normalized spacial score (nSPS) is 21.4. The van der Waals surface area contributed by atoms with E-state index < -0.39 is 0 Å². The molecule has 1 heterocycles. The molecule has 1 aliphatic carbocycles. The molecule has 0 radical (unpaired) electrons. The van der Waals surface area contributed by atoms with Crippen molar-refractivity contribution in [2.24, 2.45) is 5.92 Å². The third-order valence-corrected chi connectivity index (χ3v) is 6.23. The molecule has 0 fully saturated rings. The lowest BCUT2D eigenvalue weighted by molar-refractivity contribution is -0.385. The second kappa shape index (κ2) is 7.34. The fourth-order valence-corrected chi connectivity index (χ4v) is 4.78. The third kappa shape index (κ3) is 3.03. The first-order valence-corrected chi connectivity index (χ1v) is 10.1. The number of nitrogens with one attached hydrogen (secondary N) is 1. The zero-order valence-electron chi connectivity index (χ0n) is 16.6. The summed E-state index contributed by atoms with van der Waals surface area (Å²) in [6.45, 7) is 0. The monoisotopic (exact) mass is 398 g/mol. The van der Waals surface area contributed by atoms with Crippen molar-refractivity contribution in [2.75, 3.05) is 12.4 Å². The summed E-state index contributed by atoms with van der Waals surface area (Å²) in [7, 11) is 1.46. The molecule has 0 bridgehead atoms. The molecule has 0 aromatic heterocycles. The van der Waals surface area contributed by atoms with Crippen LogP contribution in [0.3, 0.4) is 0 Å². The number of anilines is 1. The van der Waals surface area contributed by atoms with E-state index in [0.717, 1.165) is 17.7 Å². The Hall–Kier alpha value is -3.60. The first kappa shape index (κ1) is 18.4. The average molecular weight is 398 g/mol. The minimum atomic E-state index is -0.379. The molecule has 5 heteroatoms. The molecule has 3 aromatic carbocycles. The highest BCUT2D eigenvalue weighted by Gasteiger charge is 2.38. The molecule has 2 aliphatic rings. The molecule has 5 nitrogen and oxygen atoms in total. The van der Waals surface area contributed by atoms with Crippen LogP contribution in [-0.2, 0) is 0 Å². The third-order valence-electron chi connectivity index (χ3n) is 6.23. The lowest BCUT2D eigenvalue weighted by Gasteiger charge is -2.37. The number of nitro groups is 1. The molecule has 150 valence electrons. The van der Waals surface area contributed by atoms with E-state index in [9.17, 15) is 10.1 Å². The molecule has 0 unspecified atom stereocenters. The zero-order valence-corrected chi connectivity index (χ0v) is 16.6. The Kier molecular flexibility index (Phi) is 4.51. The fourth-order valence-electron chi connectivity index (χ4n) is 4.78. The molecule has 3 atom stereocenters. The predicted molar refractivity (Wildman–Crippen MR) is 118 cm³/mol. The van der Waals surface area contributed by atoms with E-state index >= 15 is 0 Å². The van der Waals surface area contributed by atoms with Crippen LogP contribution in [0.25, 0.3) is 11.1 Å². The number of hydrogen-bond donors (Lipinski definition) is 1. The predicted octanol–water partition coefficient (Wildman–Crippen LogP) is 6.10. The van der Waals surface area contributed by atoms with E-state index in [1.165, 1.54) is 23.8 Å². The van der Waals surface area contributed by atoms with E-state index in [1.54, 1.807) is 12.1 Å². The number of methoxy groups -OCH3 is 1. The van der Waals surface area contributed by atoms with Gasteiger partial charge in [0.05, 0.1) is 18.1 Å². The molecule has 5 rings (SSSR count). The summed E-state index contributed by atoms with van der Waals surface area (Å²) in [5, 5.41) is 15.2. The number of rotatable bonds is 4. The summed E-state index contributed by atoms with van der Waals surface area (Å²) in [5.74, 6) is 0.890. The maximum absolute atomic E-state index is 11.5. The molecule has 1 N–H and O–H groups in total. The van der Waals surface area contributed by atoms with Gasteiger partial charge in [0, 0.05) is 17.7 Å². The molecule has 0 spiro atoms. The van der Waals surface area contributed by atoms with Crippen LogP contribution < -0.4 is 10.1 Å². The van der Waals surface area contributed by atoms with Gasteiger partial charge in [0.2, 0.25) is 0 Å². The summed E-state index contributed by atoms with van der Waals surface area (Å²) < 4.78 is 5.17.